The molecular weight excluding hydrogens is 370 g/mol. The molecular formula is C23H24NO5+. The molecule has 1 fully saturated rings. The van der Waals surface area contributed by atoms with Gasteiger partial charge in [-0.1, -0.05) is 30.3 Å². The number of rotatable bonds is 4. The van der Waals surface area contributed by atoms with Crippen LogP contribution in [0, 0.1) is 5.92 Å². The van der Waals surface area contributed by atoms with E-state index >= 15 is 0 Å². The predicted octanol–water partition coefficient (Wildman–Crippen LogP) is 2.13. The molecule has 0 bridgehead atoms. The van der Waals surface area contributed by atoms with E-state index in [0.717, 1.165) is 42.4 Å². The van der Waals surface area contributed by atoms with Crippen LogP contribution in [0.25, 0.3) is 22.1 Å². The number of benzene rings is 2. The first-order valence-electron chi connectivity index (χ1n) is 9.81. The molecule has 4 rings (SSSR count). The third kappa shape index (κ3) is 4.03. The summed E-state index contributed by atoms with van der Waals surface area (Å²) in [7, 11) is 1.42. The number of piperidine rings is 1. The van der Waals surface area contributed by atoms with Crippen molar-refractivity contribution in [1.82, 2.24) is 0 Å². The molecule has 2 heterocycles. The highest BCUT2D eigenvalue weighted by Crippen LogP contribution is 2.34. The van der Waals surface area contributed by atoms with Crippen molar-refractivity contribution < 1.29 is 24.0 Å². The van der Waals surface area contributed by atoms with Crippen molar-refractivity contribution in [2.24, 2.45) is 5.92 Å². The molecule has 29 heavy (non-hydrogen) atoms. The van der Waals surface area contributed by atoms with Crippen LogP contribution in [0.1, 0.15) is 18.4 Å². The summed E-state index contributed by atoms with van der Waals surface area (Å²) in [6.45, 7) is 2.30. The Morgan fingerprint density at radius 1 is 1.17 bits per heavy atom. The number of carbonyl (C=O) groups excluding carboxylic acids is 1. The summed E-state index contributed by atoms with van der Waals surface area (Å²) in [5.41, 5.74) is 2.40. The average Bonchev–Trinajstić information content (AvgIpc) is 2.74. The zero-order valence-electron chi connectivity index (χ0n) is 16.3. The Kier molecular flexibility index (Phi) is 5.36. The van der Waals surface area contributed by atoms with E-state index in [1.54, 1.807) is 12.1 Å². The van der Waals surface area contributed by atoms with Crippen LogP contribution in [0.15, 0.2) is 57.7 Å². The Hall–Kier alpha value is -3.12. The van der Waals surface area contributed by atoms with E-state index < -0.39 is 5.63 Å². The summed E-state index contributed by atoms with van der Waals surface area (Å²) in [4.78, 5) is 25.2. The molecule has 2 N–H and O–H groups in total. The van der Waals surface area contributed by atoms with Crippen LogP contribution in [-0.4, -0.2) is 31.3 Å². The minimum atomic E-state index is -0.402. The van der Waals surface area contributed by atoms with E-state index in [4.69, 9.17) is 9.15 Å². The average molecular weight is 394 g/mol. The Balaban J connectivity index is 1.63. The molecule has 0 unspecified atom stereocenters. The fraction of sp³-hybridized carbons (Fsp3) is 0.304. The van der Waals surface area contributed by atoms with Crippen LogP contribution >= 0.6 is 0 Å². The molecule has 0 amide bonds. The Bertz CT molecular complexity index is 1080. The molecule has 0 aliphatic carbocycles. The van der Waals surface area contributed by atoms with Gasteiger partial charge in [0.25, 0.3) is 0 Å². The first kappa shape index (κ1) is 19.2. The van der Waals surface area contributed by atoms with Gasteiger partial charge in [0, 0.05) is 35.4 Å². The number of ether oxygens (including phenoxy) is 1. The number of fused-ring (bicyclic) bond motifs is 1. The minimum Gasteiger partial charge on any atom is -0.507 e. The fourth-order valence-corrected chi connectivity index (χ4v) is 4.13. The minimum absolute atomic E-state index is 0.0428. The fourth-order valence-electron chi connectivity index (χ4n) is 4.13. The van der Waals surface area contributed by atoms with Crippen LogP contribution in [-0.2, 0) is 16.1 Å². The molecule has 1 aliphatic rings. The molecule has 1 saturated heterocycles. The van der Waals surface area contributed by atoms with Crippen molar-refractivity contribution in [1.29, 1.82) is 0 Å². The zero-order valence-corrected chi connectivity index (χ0v) is 16.3. The van der Waals surface area contributed by atoms with Crippen LogP contribution in [0.3, 0.4) is 0 Å². The van der Waals surface area contributed by atoms with E-state index in [1.807, 2.05) is 30.3 Å². The van der Waals surface area contributed by atoms with Gasteiger partial charge in [-0.15, -0.1) is 0 Å². The molecule has 0 spiro atoms. The van der Waals surface area contributed by atoms with Crippen LogP contribution in [0.4, 0.5) is 0 Å². The van der Waals surface area contributed by atoms with Crippen molar-refractivity contribution >= 4 is 16.9 Å². The van der Waals surface area contributed by atoms with Crippen LogP contribution in [0.2, 0.25) is 0 Å². The normalized spacial score (nSPS) is 19.2. The lowest BCUT2D eigenvalue weighted by Crippen LogP contribution is -3.11. The second kappa shape index (κ2) is 8.09. The maximum atomic E-state index is 12.2. The summed E-state index contributed by atoms with van der Waals surface area (Å²) >= 11 is 0. The van der Waals surface area contributed by atoms with Gasteiger partial charge in [0.2, 0.25) is 0 Å². The summed E-state index contributed by atoms with van der Waals surface area (Å²) in [6, 6.07) is 14.4. The number of hydrogen-bond acceptors (Lipinski definition) is 5. The van der Waals surface area contributed by atoms with E-state index in [9.17, 15) is 14.7 Å². The number of aromatic hydroxyl groups is 1. The van der Waals surface area contributed by atoms with Crippen molar-refractivity contribution in [3.8, 4) is 16.9 Å². The van der Waals surface area contributed by atoms with Gasteiger partial charge in [-0.05, 0) is 17.7 Å². The van der Waals surface area contributed by atoms with Gasteiger partial charge < -0.3 is 19.2 Å². The number of esters is 1. The van der Waals surface area contributed by atoms with Gasteiger partial charge in [0.1, 0.15) is 17.9 Å². The highest BCUT2D eigenvalue weighted by Gasteiger charge is 2.28. The molecule has 3 aromatic rings. The van der Waals surface area contributed by atoms with Gasteiger partial charge in [-0.3, -0.25) is 4.79 Å². The Labute approximate surface area is 168 Å². The Morgan fingerprint density at radius 3 is 2.59 bits per heavy atom. The molecule has 6 heteroatoms. The maximum absolute atomic E-state index is 12.2. The number of hydrogen-bond donors (Lipinski definition) is 2. The molecule has 0 saturated carbocycles. The summed E-state index contributed by atoms with van der Waals surface area (Å²) in [5, 5.41) is 11.3. The van der Waals surface area contributed by atoms with Crippen molar-refractivity contribution in [3.05, 3.63) is 64.5 Å². The highest BCUT2D eigenvalue weighted by molar-refractivity contribution is 5.88. The lowest BCUT2D eigenvalue weighted by Gasteiger charge is -2.28. The smallest absolute Gasteiger partial charge is 0.336 e. The molecule has 6 nitrogen and oxygen atoms in total. The lowest BCUT2D eigenvalue weighted by atomic mass is 9.96. The van der Waals surface area contributed by atoms with Crippen molar-refractivity contribution in [2.45, 2.75) is 19.4 Å². The van der Waals surface area contributed by atoms with Crippen LogP contribution in [0.5, 0.6) is 5.75 Å². The predicted molar refractivity (Wildman–Crippen MR) is 109 cm³/mol. The van der Waals surface area contributed by atoms with Gasteiger partial charge in [-0.2, -0.15) is 0 Å². The molecule has 1 aliphatic heterocycles. The molecule has 0 radical (unpaired) electrons. The number of nitrogens with one attached hydrogen (secondary N) is 1. The topological polar surface area (TPSA) is 81.2 Å². The molecule has 0 atom stereocenters. The number of phenols is 1. The van der Waals surface area contributed by atoms with E-state index in [0.29, 0.717) is 17.7 Å². The summed E-state index contributed by atoms with van der Waals surface area (Å²) in [6.07, 6.45) is 1.54. The molecule has 2 aromatic carbocycles. The monoisotopic (exact) mass is 394 g/mol. The number of carbonyl (C=O) groups is 1. The third-order valence-corrected chi connectivity index (χ3v) is 5.70. The number of likely N-dealkylation sites (tertiary alicyclic amines) is 1. The van der Waals surface area contributed by atoms with Crippen LogP contribution < -0.4 is 10.5 Å². The summed E-state index contributed by atoms with van der Waals surface area (Å²) in [5.74, 6) is -0.0368. The lowest BCUT2D eigenvalue weighted by molar-refractivity contribution is -0.919. The van der Waals surface area contributed by atoms with E-state index in [1.165, 1.54) is 18.1 Å². The van der Waals surface area contributed by atoms with Crippen molar-refractivity contribution in [3.63, 3.8) is 0 Å². The largest absolute Gasteiger partial charge is 0.507 e. The maximum Gasteiger partial charge on any atom is 0.336 e. The van der Waals surface area contributed by atoms with E-state index in [2.05, 4.69) is 0 Å². The van der Waals surface area contributed by atoms with Gasteiger partial charge in [0.15, 0.2) is 0 Å². The van der Waals surface area contributed by atoms with Gasteiger partial charge in [-0.25, -0.2) is 4.79 Å². The summed E-state index contributed by atoms with van der Waals surface area (Å²) < 4.78 is 10.3. The first-order valence-corrected chi connectivity index (χ1v) is 9.81. The number of methoxy groups -OCH3 is 1. The SMILES string of the molecule is COC(=O)C1CC[NH+](Cc2cc(=O)oc3cc(-c4ccccc4)c(O)cc23)CC1. The van der Waals surface area contributed by atoms with Gasteiger partial charge in [0.05, 0.1) is 26.1 Å². The second-order valence-electron chi connectivity index (χ2n) is 7.55. The second-order valence-corrected chi connectivity index (χ2v) is 7.55. The Morgan fingerprint density at radius 2 is 1.90 bits per heavy atom. The standard InChI is InChI=1S/C23H23NO5/c1-28-23(27)16-7-9-24(10-8-16)14-17-11-22(26)29-21-13-18(20(25)12-19(17)21)15-5-3-2-4-6-15/h2-6,11-13,16,25H,7-10,14H2,1H3/p+1. The highest BCUT2D eigenvalue weighted by atomic mass is 16.5. The quantitative estimate of drug-likeness (QED) is 0.523. The molecule has 150 valence electrons. The van der Waals surface area contributed by atoms with Crippen molar-refractivity contribution in [2.75, 3.05) is 20.2 Å². The number of quaternary nitrogens is 1. The number of phenolic OH excluding ortho intramolecular Hbond substituents is 1. The third-order valence-electron chi connectivity index (χ3n) is 5.70. The zero-order chi connectivity index (χ0) is 20.4. The molecule has 1 aromatic heterocycles. The van der Waals surface area contributed by atoms with Gasteiger partial charge >= 0.3 is 11.6 Å². The first-order chi connectivity index (χ1) is 14.0. The van der Waals surface area contributed by atoms with E-state index in [-0.39, 0.29) is 17.6 Å².